The van der Waals surface area contributed by atoms with E-state index in [9.17, 15) is 0 Å². The van der Waals surface area contributed by atoms with Crippen molar-refractivity contribution in [1.29, 1.82) is 0 Å². The quantitative estimate of drug-likeness (QED) is 0.143. The molecule has 0 N–H and O–H groups in total. The second-order valence-electron chi connectivity index (χ2n) is 9.67. The van der Waals surface area contributed by atoms with Gasteiger partial charge in [0.05, 0.1) is 0 Å². The molecule has 0 amide bonds. The molecule has 0 unspecified atom stereocenters. The molecule has 0 bridgehead atoms. The molecule has 41 heavy (non-hydrogen) atoms. The van der Waals surface area contributed by atoms with E-state index in [0.717, 1.165) is 0 Å². The van der Waals surface area contributed by atoms with Crippen molar-refractivity contribution >= 4 is 0 Å². The van der Waals surface area contributed by atoms with Gasteiger partial charge in [-0.15, -0.1) is 0 Å². The van der Waals surface area contributed by atoms with E-state index >= 15 is 0 Å². The first-order valence-electron chi connectivity index (χ1n) is 13.7. The first kappa shape index (κ1) is 27.8. The summed E-state index contributed by atoms with van der Waals surface area (Å²) in [7, 11) is 0. The summed E-state index contributed by atoms with van der Waals surface area (Å²) in [4.78, 5) is 0. The average Bonchev–Trinajstić information content (AvgIpc) is 3.74. The van der Waals surface area contributed by atoms with Crippen molar-refractivity contribution in [3.63, 3.8) is 0 Å². The molecule has 0 saturated carbocycles. The van der Waals surface area contributed by atoms with Gasteiger partial charge in [-0.05, 0) is 11.1 Å². The predicted octanol–water partition coefficient (Wildman–Crippen LogP) is 11.1. The van der Waals surface area contributed by atoms with E-state index in [0.29, 0.717) is 0 Å². The summed E-state index contributed by atoms with van der Waals surface area (Å²) in [5.41, 5.74) is 12.5. The van der Waals surface area contributed by atoms with Crippen molar-refractivity contribution in [1.82, 2.24) is 0 Å². The SMILES string of the molecule is [Ni+2].c1cc[cH-]c1.c1ccc(-c2c(-c3ccccc3)c(-c3ccccc3)[c-](-c3ccccc3)c2-c2ccccc2)cc1. The summed E-state index contributed by atoms with van der Waals surface area (Å²) in [6.45, 7) is 0. The van der Waals surface area contributed by atoms with Crippen molar-refractivity contribution in [2.75, 3.05) is 0 Å². The van der Waals surface area contributed by atoms with Crippen molar-refractivity contribution < 1.29 is 16.5 Å². The first-order chi connectivity index (χ1) is 19.9. The standard InChI is InChI=1S/C35H25.C5H5.Ni/c1-6-16-26(17-7-1)31-32(27-18-8-2-9-19-27)34(29-22-12-4-13-23-29)35(30-24-14-5-15-25-30)33(31)28-20-10-3-11-21-28;1-2-4-5-3-1;/h1-25H;1-5H;/q2*-1;+2. The number of hydrogen-bond donors (Lipinski definition) is 0. The Hall–Kier alpha value is -4.71. The zero-order valence-electron chi connectivity index (χ0n) is 22.6. The third-order valence-electron chi connectivity index (χ3n) is 7.12. The predicted molar refractivity (Wildman–Crippen MR) is 171 cm³/mol. The molecule has 0 nitrogen and oxygen atoms in total. The molecule has 200 valence electrons. The van der Waals surface area contributed by atoms with Crippen molar-refractivity contribution in [3.05, 3.63) is 182 Å². The third-order valence-corrected chi connectivity index (χ3v) is 7.12. The second-order valence-corrected chi connectivity index (χ2v) is 9.67. The normalized spacial score (nSPS) is 10.2. The van der Waals surface area contributed by atoms with Crippen molar-refractivity contribution in [3.8, 4) is 55.6 Å². The van der Waals surface area contributed by atoms with Crippen LogP contribution in [-0.4, -0.2) is 0 Å². The number of benzene rings is 5. The fraction of sp³-hybridized carbons (Fsp3) is 0. The topological polar surface area (TPSA) is 0 Å². The molecule has 0 atom stereocenters. The van der Waals surface area contributed by atoms with E-state index in [1.165, 1.54) is 55.6 Å². The van der Waals surface area contributed by atoms with Crippen LogP contribution in [0.25, 0.3) is 55.6 Å². The zero-order chi connectivity index (χ0) is 27.0. The maximum atomic E-state index is 2.23. The van der Waals surface area contributed by atoms with Gasteiger partial charge in [0.15, 0.2) is 0 Å². The van der Waals surface area contributed by atoms with Gasteiger partial charge in [-0.3, -0.25) is 0 Å². The molecule has 7 aromatic rings. The smallest absolute Gasteiger partial charge is 0.214 e. The molecule has 0 aliphatic heterocycles. The summed E-state index contributed by atoms with van der Waals surface area (Å²) >= 11 is 0. The van der Waals surface area contributed by atoms with Crippen LogP contribution in [0.5, 0.6) is 0 Å². The molecule has 1 heteroatoms. The monoisotopic (exact) mass is 568 g/mol. The molecule has 0 aromatic heterocycles. The van der Waals surface area contributed by atoms with Gasteiger partial charge in [-0.25, -0.2) is 12.1 Å². The minimum atomic E-state index is 0. The molecule has 0 heterocycles. The molecule has 7 rings (SSSR count). The van der Waals surface area contributed by atoms with Crippen LogP contribution in [0.1, 0.15) is 0 Å². The molecule has 0 radical (unpaired) electrons. The fourth-order valence-electron chi connectivity index (χ4n) is 5.41. The van der Waals surface area contributed by atoms with E-state index < -0.39 is 0 Å². The maximum absolute atomic E-state index is 2.23. The Bertz CT molecular complexity index is 1420. The van der Waals surface area contributed by atoms with E-state index in [2.05, 4.69) is 152 Å². The van der Waals surface area contributed by atoms with Crippen molar-refractivity contribution in [2.45, 2.75) is 0 Å². The van der Waals surface area contributed by atoms with Gasteiger partial charge < -0.3 is 0 Å². The van der Waals surface area contributed by atoms with Gasteiger partial charge >= 0.3 is 16.5 Å². The van der Waals surface area contributed by atoms with E-state index in [1.807, 2.05) is 30.3 Å². The van der Waals surface area contributed by atoms with Gasteiger partial charge in [0.1, 0.15) is 0 Å². The summed E-state index contributed by atoms with van der Waals surface area (Å²) in [5.74, 6) is 0. The Labute approximate surface area is 253 Å². The van der Waals surface area contributed by atoms with Crippen LogP contribution in [0.4, 0.5) is 0 Å². The van der Waals surface area contributed by atoms with Gasteiger partial charge in [0.2, 0.25) is 0 Å². The van der Waals surface area contributed by atoms with Gasteiger partial charge in [-0.2, -0.15) is 18.2 Å². The van der Waals surface area contributed by atoms with E-state index in [1.54, 1.807) is 0 Å². The molecule has 0 aliphatic rings. The zero-order valence-corrected chi connectivity index (χ0v) is 23.6. The third kappa shape index (κ3) is 6.07. The molecule has 0 saturated heterocycles. The molecule has 0 spiro atoms. The number of rotatable bonds is 5. The van der Waals surface area contributed by atoms with Crippen LogP contribution in [0.15, 0.2) is 182 Å². The Balaban J connectivity index is 0.000000510. The Morgan fingerprint density at radius 3 is 0.976 bits per heavy atom. The van der Waals surface area contributed by atoms with Crippen LogP contribution in [0.3, 0.4) is 0 Å². The number of hydrogen-bond acceptors (Lipinski definition) is 0. The van der Waals surface area contributed by atoms with Crippen LogP contribution in [-0.2, 0) is 16.5 Å². The van der Waals surface area contributed by atoms with Crippen LogP contribution >= 0.6 is 0 Å². The molecule has 0 fully saturated rings. The molecular weight excluding hydrogens is 539 g/mol. The second kappa shape index (κ2) is 13.6. The fourth-order valence-corrected chi connectivity index (χ4v) is 5.41. The average molecular weight is 569 g/mol. The van der Waals surface area contributed by atoms with Gasteiger partial charge in [-0.1, -0.05) is 196 Å². The molecule has 7 aromatic carbocycles. The first-order valence-corrected chi connectivity index (χ1v) is 13.7. The molecular formula is C40H30Ni. The van der Waals surface area contributed by atoms with Crippen LogP contribution < -0.4 is 0 Å². The maximum Gasteiger partial charge on any atom is 2.00 e. The van der Waals surface area contributed by atoms with E-state index in [4.69, 9.17) is 0 Å². The molecule has 0 aliphatic carbocycles. The van der Waals surface area contributed by atoms with Crippen LogP contribution in [0.2, 0.25) is 0 Å². The summed E-state index contributed by atoms with van der Waals surface area (Å²) in [6.07, 6.45) is 0. The van der Waals surface area contributed by atoms with Crippen LogP contribution in [0, 0.1) is 0 Å². The Morgan fingerprint density at radius 2 is 0.659 bits per heavy atom. The largest absolute Gasteiger partial charge is 2.00 e. The minimum Gasteiger partial charge on any atom is -0.214 e. The summed E-state index contributed by atoms with van der Waals surface area (Å²) < 4.78 is 0. The Kier molecular flexibility index (Phi) is 9.22. The van der Waals surface area contributed by atoms with Gasteiger partial charge in [0, 0.05) is 0 Å². The van der Waals surface area contributed by atoms with Crippen molar-refractivity contribution in [2.24, 2.45) is 0 Å². The summed E-state index contributed by atoms with van der Waals surface area (Å²) in [6, 6.07) is 64.1. The van der Waals surface area contributed by atoms with E-state index in [-0.39, 0.29) is 16.5 Å². The summed E-state index contributed by atoms with van der Waals surface area (Å²) in [5, 5.41) is 0. The Morgan fingerprint density at radius 1 is 0.341 bits per heavy atom. The van der Waals surface area contributed by atoms with Gasteiger partial charge in [0.25, 0.3) is 0 Å². The minimum absolute atomic E-state index is 0.